The molecule has 0 unspecified atom stereocenters. The van der Waals surface area contributed by atoms with Crippen LogP contribution >= 0.6 is 0 Å². The van der Waals surface area contributed by atoms with Gasteiger partial charge in [-0.1, -0.05) is 0 Å². The molecule has 0 fully saturated rings. The summed E-state index contributed by atoms with van der Waals surface area (Å²) in [4.78, 5) is 0. The van der Waals surface area contributed by atoms with Crippen LogP contribution in [0.3, 0.4) is 0 Å². The summed E-state index contributed by atoms with van der Waals surface area (Å²) in [5, 5.41) is 0. The third-order valence-corrected chi connectivity index (χ3v) is 6.81. The molecule has 0 saturated heterocycles. The molecule has 0 N–H and O–H groups in total. The van der Waals surface area contributed by atoms with Gasteiger partial charge in [0, 0.05) is 13.2 Å². The maximum Gasteiger partial charge on any atom is 0.484 e. The van der Waals surface area contributed by atoms with E-state index in [1.165, 1.54) is 0 Å². The second-order valence-corrected chi connectivity index (χ2v) is 9.21. The Morgan fingerprint density at radius 3 is 0.927 bits per heavy atom. The first kappa shape index (κ1) is 39.6. The SMILES string of the molecule is CCO[SiH](OCC)O[C@@H](C)C(F)(F)C(F)(F)C(F)(F)C(F)(F)C(F)(F)C(F)(F)C(F)(F)C(F)(F)C(F)(F)C(F)(F)F. The highest BCUT2D eigenvalue weighted by molar-refractivity contribution is 6.36. The Morgan fingerprint density at radius 1 is 0.439 bits per heavy atom. The van der Waals surface area contributed by atoms with Crippen molar-refractivity contribution in [3.8, 4) is 0 Å². The van der Waals surface area contributed by atoms with Crippen LogP contribution in [0.2, 0.25) is 0 Å². The van der Waals surface area contributed by atoms with Crippen LogP contribution in [0.4, 0.5) is 92.2 Å². The highest BCUT2D eigenvalue weighted by Crippen LogP contribution is 2.66. The molecule has 0 aliphatic carbocycles. The Bertz CT molecular complexity index is 880. The first-order valence-electron chi connectivity index (χ1n) is 10.0. The Morgan fingerprint density at radius 2 is 0.683 bits per heavy atom. The summed E-state index contributed by atoms with van der Waals surface area (Å²) in [7, 11) is -4.05. The Kier molecular flexibility index (Phi) is 10.9. The standard InChI is InChI=1S/C16H15F21O3Si/c1-4-38-41(39-5-2)40-6(3)7(17,18)8(19,20)9(21,22)10(23,24)11(25,26)12(27,28)13(29,30)14(31,32)15(33,34)16(35,36)37/h6,41H,4-5H2,1-3H3/t6-/m0/s1. The van der Waals surface area contributed by atoms with Gasteiger partial charge in [0.05, 0.1) is 0 Å². The van der Waals surface area contributed by atoms with Gasteiger partial charge in [-0.3, -0.25) is 0 Å². The molecule has 0 aliphatic rings. The zero-order chi connectivity index (χ0) is 33.7. The lowest BCUT2D eigenvalue weighted by Crippen LogP contribution is -2.77. The molecule has 25 heteroatoms. The van der Waals surface area contributed by atoms with Gasteiger partial charge in [-0.25, -0.2) is 0 Å². The molecular weight excluding hydrogens is 667 g/mol. The topological polar surface area (TPSA) is 27.7 Å². The molecule has 3 nitrogen and oxygen atoms in total. The zero-order valence-corrected chi connectivity index (χ0v) is 20.9. The highest BCUT2D eigenvalue weighted by Gasteiger charge is 2.98. The molecule has 0 aromatic heterocycles. The van der Waals surface area contributed by atoms with E-state index in [4.69, 9.17) is 0 Å². The molecule has 0 radical (unpaired) electrons. The van der Waals surface area contributed by atoms with Crippen LogP contribution in [0.1, 0.15) is 20.8 Å². The van der Waals surface area contributed by atoms with E-state index in [0.29, 0.717) is 0 Å². The summed E-state index contributed by atoms with van der Waals surface area (Å²) in [6, 6.07) is 0. The number of halogens is 21. The van der Waals surface area contributed by atoms with Crippen molar-refractivity contribution in [2.24, 2.45) is 0 Å². The lowest BCUT2D eigenvalue weighted by Gasteiger charge is -2.45. The van der Waals surface area contributed by atoms with E-state index >= 15 is 0 Å². The monoisotopic (exact) mass is 682 g/mol. The molecule has 0 rings (SSSR count). The lowest BCUT2D eigenvalue weighted by atomic mass is 9.85. The summed E-state index contributed by atoms with van der Waals surface area (Å²) in [5.41, 5.74) is 0. The van der Waals surface area contributed by atoms with Crippen molar-refractivity contribution in [2.75, 3.05) is 13.2 Å². The fraction of sp³-hybridized carbons (Fsp3) is 1.00. The van der Waals surface area contributed by atoms with E-state index in [0.717, 1.165) is 13.8 Å². The van der Waals surface area contributed by atoms with Crippen LogP contribution in [-0.4, -0.2) is 88.3 Å². The minimum atomic E-state index is -9.21. The minimum absolute atomic E-state index is 0.332. The molecule has 0 bridgehead atoms. The molecule has 1 atom stereocenters. The van der Waals surface area contributed by atoms with Gasteiger partial charge in [-0.15, -0.1) is 0 Å². The second-order valence-electron chi connectivity index (χ2n) is 7.69. The Hall–Kier alpha value is -1.37. The van der Waals surface area contributed by atoms with Gasteiger partial charge in [0.25, 0.3) is 0 Å². The fourth-order valence-corrected chi connectivity index (χ4v) is 3.78. The molecule has 0 heterocycles. The summed E-state index contributed by atoms with van der Waals surface area (Å²) >= 11 is 0. The third kappa shape index (κ3) is 5.67. The van der Waals surface area contributed by atoms with Gasteiger partial charge in [0.2, 0.25) is 0 Å². The van der Waals surface area contributed by atoms with E-state index in [9.17, 15) is 92.2 Å². The van der Waals surface area contributed by atoms with E-state index in [1.807, 2.05) is 0 Å². The van der Waals surface area contributed by atoms with Crippen LogP contribution in [0, 0.1) is 0 Å². The van der Waals surface area contributed by atoms with Crippen LogP contribution in [0.25, 0.3) is 0 Å². The predicted octanol–water partition coefficient (Wildman–Crippen LogP) is 7.46. The lowest BCUT2D eigenvalue weighted by molar-refractivity contribution is -0.475. The Balaban J connectivity index is 6.95. The van der Waals surface area contributed by atoms with Crippen molar-refractivity contribution in [3.05, 3.63) is 0 Å². The fourth-order valence-electron chi connectivity index (χ4n) is 2.48. The van der Waals surface area contributed by atoms with Gasteiger partial charge < -0.3 is 13.3 Å². The summed E-state index contributed by atoms with van der Waals surface area (Å²) in [6.45, 7) is 0.794. The van der Waals surface area contributed by atoms with Gasteiger partial charge in [-0.05, 0) is 20.8 Å². The first-order chi connectivity index (χ1) is 17.7. The number of rotatable bonds is 15. The molecule has 0 saturated carbocycles. The second kappa shape index (κ2) is 11.3. The normalized spacial score (nSPS) is 16.9. The molecule has 0 aromatic rings. The third-order valence-electron chi connectivity index (χ3n) is 4.97. The molecule has 0 aliphatic heterocycles. The summed E-state index contributed by atoms with van der Waals surface area (Å²) in [5.74, 6) is -77.5. The van der Waals surface area contributed by atoms with Crippen molar-refractivity contribution < 1.29 is 105 Å². The maximum absolute atomic E-state index is 14.2. The number of hydrogen-bond acceptors (Lipinski definition) is 3. The molecule has 0 spiro atoms. The number of hydrogen-bond donors (Lipinski definition) is 0. The van der Waals surface area contributed by atoms with Gasteiger partial charge in [0.1, 0.15) is 6.10 Å². The molecule has 248 valence electrons. The van der Waals surface area contributed by atoms with Crippen LogP contribution in [0.15, 0.2) is 0 Å². The van der Waals surface area contributed by atoms with E-state index < -0.39 is 88.3 Å². The van der Waals surface area contributed by atoms with Crippen molar-refractivity contribution in [2.45, 2.75) is 86.4 Å². The smallest absolute Gasteiger partial charge is 0.376 e. The maximum atomic E-state index is 14.2. The number of alkyl halides is 21. The first-order valence-corrected chi connectivity index (χ1v) is 11.4. The molecular formula is C16H15F21O3Si. The van der Waals surface area contributed by atoms with Crippen molar-refractivity contribution in [1.82, 2.24) is 0 Å². The van der Waals surface area contributed by atoms with E-state index in [2.05, 4.69) is 13.3 Å². The van der Waals surface area contributed by atoms with E-state index in [1.54, 1.807) is 0 Å². The minimum Gasteiger partial charge on any atom is -0.376 e. The average Bonchev–Trinajstić information content (AvgIpc) is 2.77. The van der Waals surface area contributed by atoms with Gasteiger partial charge in [-0.2, -0.15) is 92.2 Å². The van der Waals surface area contributed by atoms with Gasteiger partial charge >= 0.3 is 69.0 Å². The van der Waals surface area contributed by atoms with Gasteiger partial charge in [0.15, 0.2) is 0 Å². The largest absolute Gasteiger partial charge is 0.484 e. The van der Waals surface area contributed by atoms with Crippen molar-refractivity contribution in [3.63, 3.8) is 0 Å². The van der Waals surface area contributed by atoms with Crippen molar-refractivity contribution >= 4 is 9.53 Å². The van der Waals surface area contributed by atoms with Crippen LogP contribution in [-0.2, 0) is 13.3 Å². The molecule has 0 aromatic carbocycles. The van der Waals surface area contributed by atoms with Crippen molar-refractivity contribution in [1.29, 1.82) is 0 Å². The van der Waals surface area contributed by atoms with E-state index in [-0.39, 0.29) is 6.92 Å². The molecule has 0 amide bonds. The average molecular weight is 682 g/mol. The summed E-state index contributed by atoms with van der Waals surface area (Å²) in [6.07, 6.45) is -11.9. The Labute approximate surface area is 215 Å². The van der Waals surface area contributed by atoms with Crippen LogP contribution < -0.4 is 0 Å². The quantitative estimate of drug-likeness (QED) is 0.133. The van der Waals surface area contributed by atoms with Crippen LogP contribution in [0.5, 0.6) is 0 Å². The molecule has 41 heavy (non-hydrogen) atoms. The predicted molar refractivity (Wildman–Crippen MR) is 91.5 cm³/mol. The summed E-state index contributed by atoms with van der Waals surface area (Å²) < 4.78 is 295. The zero-order valence-electron chi connectivity index (χ0n) is 19.7. The highest BCUT2D eigenvalue weighted by atomic mass is 28.3.